The number of hydrogen-bond acceptors (Lipinski definition) is 2. The maximum Gasteiger partial charge on any atom is 0.314 e. The van der Waals surface area contributed by atoms with Gasteiger partial charge in [0.15, 0.2) is 11.6 Å². The number of hydrogen-bond donors (Lipinski definition) is 2. The van der Waals surface area contributed by atoms with E-state index in [-0.39, 0.29) is 0 Å². The van der Waals surface area contributed by atoms with Crippen LogP contribution in [0.4, 0.5) is 4.39 Å². The van der Waals surface area contributed by atoms with Crippen molar-refractivity contribution >= 4 is 5.97 Å². The Labute approximate surface area is 92.5 Å². The third-order valence-electron chi connectivity index (χ3n) is 3.43. The highest BCUT2D eigenvalue weighted by Gasteiger charge is 2.47. The fourth-order valence-corrected chi connectivity index (χ4v) is 2.31. The topological polar surface area (TPSA) is 57.5 Å². The Kier molecular flexibility index (Phi) is 2.37. The monoisotopic (exact) mass is 224 g/mol. The summed E-state index contributed by atoms with van der Waals surface area (Å²) in [6.45, 7) is 1.69. The molecule has 1 aliphatic carbocycles. The van der Waals surface area contributed by atoms with Gasteiger partial charge in [-0.2, -0.15) is 0 Å². The number of halogens is 1. The number of carboxylic acids is 1. The van der Waals surface area contributed by atoms with Crippen molar-refractivity contribution in [3.05, 3.63) is 29.1 Å². The third-order valence-corrected chi connectivity index (χ3v) is 3.43. The van der Waals surface area contributed by atoms with Gasteiger partial charge in [0.2, 0.25) is 0 Å². The Balaban J connectivity index is 2.55. The normalized spacial score (nSPS) is 17.9. The van der Waals surface area contributed by atoms with Gasteiger partial charge in [-0.15, -0.1) is 0 Å². The predicted octanol–water partition coefficient (Wildman–Crippen LogP) is 2.35. The highest BCUT2D eigenvalue weighted by atomic mass is 19.1. The molecule has 0 heterocycles. The highest BCUT2D eigenvalue weighted by molar-refractivity contribution is 5.83. The molecule has 0 aliphatic heterocycles. The fraction of sp³-hybridized carbons (Fsp3) is 0.417. The molecule has 2 rings (SSSR count). The summed E-state index contributed by atoms with van der Waals surface area (Å²) < 4.78 is 13.3. The number of carboxylic acid groups (broad SMARTS) is 1. The van der Waals surface area contributed by atoms with E-state index < -0.39 is 23.0 Å². The van der Waals surface area contributed by atoms with Crippen LogP contribution in [0.3, 0.4) is 0 Å². The lowest BCUT2D eigenvalue weighted by Crippen LogP contribution is -2.42. The average Bonchev–Trinajstić information content (AvgIpc) is 2.11. The molecule has 0 spiro atoms. The minimum absolute atomic E-state index is 0.430. The van der Waals surface area contributed by atoms with Crippen molar-refractivity contribution in [1.29, 1.82) is 0 Å². The molecule has 1 aliphatic rings. The lowest BCUT2D eigenvalue weighted by atomic mass is 9.63. The zero-order chi connectivity index (χ0) is 11.9. The van der Waals surface area contributed by atoms with Gasteiger partial charge >= 0.3 is 5.97 Å². The summed E-state index contributed by atoms with van der Waals surface area (Å²) in [4.78, 5) is 11.3. The summed E-state index contributed by atoms with van der Waals surface area (Å²) in [5.74, 6) is -2.10. The van der Waals surface area contributed by atoms with Gasteiger partial charge in [-0.25, -0.2) is 4.39 Å². The quantitative estimate of drug-likeness (QED) is 0.810. The van der Waals surface area contributed by atoms with Crippen LogP contribution in [0.1, 0.15) is 30.4 Å². The van der Waals surface area contributed by atoms with Crippen molar-refractivity contribution in [1.82, 2.24) is 0 Å². The Hall–Kier alpha value is -1.58. The van der Waals surface area contributed by atoms with Crippen LogP contribution < -0.4 is 0 Å². The van der Waals surface area contributed by atoms with Crippen molar-refractivity contribution in [3.8, 4) is 5.75 Å². The third kappa shape index (κ3) is 1.37. The zero-order valence-electron chi connectivity index (χ0n) is 8.96. The van der Waals surface area contributed by atoms with Crippen LogP contribution in [0.2, 0.25) is 0 Å². The largest absolute Gasteiger partial charge is 0.505 e. The van der Waals surface area contributed by atoms with E-state index in [1.165, 1.54) is 6.07 Å². The molecule has 0 aromatic heterocycles. The van der Waals surface area contributed by atoms with Gasteiger partial charge in [-0.1, -0.05) is 6.42 Å². The maximum absolute atomic E-state index is 13.3. The fourth-order valence-electron chi connectivity index (χ4n) is 2.31. The summed E-state index contributed by atoms with van der Waals surface area (Å²) in [6.07, 6.45) is 1.91. The smallest absolute Gasteiger partial charge is 0.314 e. The first kappa shape index (κ1) is 10.9. The molecule has 1 fully saturated rings. The van der Waals surface area contributed by atoms with Gasteiger partial charge in [0.1, 0.15) is 0 Å². The van der Waals surface area contributed by atoms with E-state index in [1.54, 1.807) is 6.92 Å². The Bertz CT molecular complexity index is 450. The molecular weight excluding hydrogens is 211 g/mol. The minimum atomic E-state index is -0.946. The summed E-state index contributed by atoms with van der Waals surface area (Å²) >= 11 is 0. The van der Waals surface area contributed by atoms with Gasteiger partial charge in [0.05, 0.1) is 5.41 Å². The van der Waals surface area contributed by atoms with Crippen LogP contribution >= 0.6 is 0 Å². The average molecular weight is 224 g/mol. The molecule has 1 aromatic carbocycles. The number of aromatic hydroxyl groups is 1. The van der Waals surface area contributed by atoms with Crippen LogP contribution in [-0.2, 0) is 10.2 Å². The molecule has 0 amide bonds. The number of rotatable bonds is 2. The molecule has 3 nitrogen and oxygen atoms in total. The first-order chi connectivity index (χ1) is 7.47. The summed E-state index contributed by atoms with van der Waals surface area (Å²) in [7, 11) is 0. The number of phenolic OH excluding ortho intramolecular Hbond substituents is 1. The van der Waals surface area contributed by atoms with E-state index in [1.807, 2.05) is 0 Å². The number of aliphatic carboxylic acids is 1. The molecule has 1 aromatic rings. The maximum atomic E-state index is 13.3. The molecule has 4 heteroatoms. The van der Waals surface area contributed by atoms with Crippen LogP contribution in [0.5, 0.6) is 5.75 Å². The van der Waals surface area contributed by atoms with Gasteiger partial charge in [0.25, 0.3) is 0 Å². The standard InChI is InChI=1S/C12H13FO3/c1-7-5-10(14)9(13)6-8(7)12(11(15)16)3-2-4-12/h5-6,14H,2-4H2,1H3,(H,15,16). The number of phenols is 1. The number of aryl methyl sites for hydroxylation is 1. The summed E-state index contributed by atoms with van der Waals surface area (Å²) in [5, 5.41) is 18.4. The second kappa shape index (κ2) is 3.47. The van der Waals surface area contributed by atoms with Crippen LogP contribution in [0.25, 0.3) is 0 Å². The van der Waals surface area contributed by atoms with Gasteiger partial charge in [-0.3, -0.25) is 4.79 Å². The van der Waals surface area contributed by atoms with Crippen LogP contribution in [0, 0.1) is 12.7 Å². The Morgan fingerprint density at radius 3 is 2.50 bits per heavy atom. The molecule has 0 saturated heterocycles. The molecular formula is C12H13FO3. The van der Waals surface area contributed by atoms with E-state index in [0.717, 1.165) is 12.5 Å². The van der Waals surface area contributed by atoms with E-state index in [2.05, 4.69) is 0 Å². The van der Waals surface area contributed by atoms with E-state index in [4.69, 9.17) is 0 Å². The molecule has 16 heavy (non-hydrogen) atoms. The molecule has 0 atom stereocenters. The summed E-state index contributed by atoms with van der Waals surface area (Å²) in [5.41, 5.74) is 0.168. The van der Waals surface area contributed by atoms with E-state index in [9.17, 15) is 19.4 Å². The lowest BCUT2D eigenvalue weighted by Gasteiger charge is -2.39. The minimum Gasteiger partial charge on any atom is -0.505 e. The number of carbonyl (C=O) groups is 1. The zero-order valence-corrected chi connectivity index (χ0v) is 8.96. The van der Waals surface area contributed by atoms with Crippen LogP contribution in [0.15, 0.2) is 12.1 Å². The first-order valence-electron chi connectivity index (χ1n) is 5.20. The van der Waals surface area contributed by atoms with Crippen molar-refractivity contribution in [2.75, 3.05) is 0 Å². The van der Waals surface area contributed by atoms with Crippen molar-refractivity contribution in [2.45, 2.75) is 31.6 Å². The summed E-state index contributed by atoms with van der Waals surface area (Å²) in [6, 6.07) is 2.44. The number of benzene rings is 1. The predicted molar refractivity (Wildman–Crippen MR) is 56.0 cm³/mol. The van der Waals surface area contributed by atoms with Crippen molar-refractivity contribution < 1.29 is 19.4 Å². The van der Waals surface area contributed by atoms with Gasteiger partial charge in [0, 0.05) is 0 Å². The molecule has 0 bridgehead atoms. The molecule has 2 N–H and O–H groups in total. The van der Waals surface area contributed by atoms with Crippen molar-refractivity contribution in [2.24, 2.45) is 0 Å². The van der Waals surface area contributed by atoms with E-state index >= 15 is 0 Å². The SMILES string of the molecule is Cc1cc(O)c(F)cc1C1(C(=O)O)CCC1. The van der Waals surface area contributed by atoms with Gasteiger partial charge < -0.3 is 10.2 Å². The van der Waals surface area contributed by atoms with Gasteiger partial charge in [-0.05, 0) is 43.0 Å². The first-order valence-corrected chi connectivity index (χ1v) is 5.20. The Morgan fingerprint density at radius 2 is 2.06 bits per heavy atom. The van der Waals surface area contributed by atoms with Crippen LogP contribution in [-0.4, -0.2) is 16.2 Å². The van der Waals surface area contributed by atoms with E-state index in [0.29, 0.717) is 24.0 Å². The lowest BCUT2D eigenvalue weighted by molar-refractivity contribution is -0.147. The highest BCUT2D eigenvalue weighted by Crippen LogP contribution is 2.46. The Morgan fingerprint density at radius 1 is 1.44 bits per heavy atom. The second-order valence-corrected chi connectivity index (χ2v) is 4.36. The molecule has 1 saturated carbocycles. The molecule has 86 valence electrons. The molecule has 0 unspecified atom stereocenters. The molecule has 0 radical (unpaired) electrons. The second-order valence-electron chi connectivity index (χ2n) is 4.36. The van der Waals surface area contributed by atoms with Crippen molar-refractivity contribution in [3.63, 3.8) is 0 Å².